The smallest absolute Gasteiger partial charge is 0.224 e. The minimum absolute atomic E-state index is 0.0874. The fourth-order valence-electron chi connectivity index (χ4n) is 1.58. The summed E-state index contributed by atoms with van der Waals surface area (Å²) in [5.74, 6) is 0.298. The van der Waals surface area contributed by atoms with E-state index in [9.17, 15) is 4.39 Å². The summed E-state index contributed by atoms with van der Waals surface area (Å²) in [4.78, 5) is 9.88. The second-order valence-corrected chi connectivity index (χ2v) is 3.95. The molecule has 0 bridgehead atoms. The fraction of sp³-hybridized carbons (Fsp3) is 0.667. The van der Waals surface area contributed by atoms with Crippen molar-refractivity contribution in [3.8, 4) is 0 Å². The first-order chi connectivity index (χ1) is 8.72. The predicted molar refractivity (Wildman–Crippen MR) is 70.4 cm³/mol. The van der Waals surface area contributed by atoms with Gasteiger partial charge in [0.2, 0.25) is 5.95 Å². The highest BCUT2D eigenvalue weighted by Crippen LogP contribution is 2.17. The molecule has 1 aromatic rings. The zero-order valence-corrected chi connectivity index (χ0v) is 11.0. The van der Waals surface area contributed by atoms with Crippen molar-refractivity contribution < 1.29 is 9.50 Å². The zero-order chi connectivity index (χ0) is 13.4. The first-order valence-electron chi connectivity index (χ1n) is 6.35. The number of aliphatic hydroxyl groups excluding tert-OH is 1. The van der Waals surface area contributed by atoms with Crippen LogP contribution in [-0.2, 0) is 0 Å². The van der Waals surface area contributed by atoms with E-state index in [1.54, 1.807) is 4.90 Å². The third kappa shape index (κ3) is 4.10. The van der Waals surface area contributed by atoms with Gasteiger partial charge in [0.25, 0.3) is 0 Å². The summed E-state index contributed by atoms with van der Waals surface area (Å²) in [6, 6.07) is 0. The Kier molecular flexibility index (Phi) is 6.35. The van der Waals surface area contributed by atoms with E-state index < -0.39 is 5.82 Å². The highest BCUT2D eigenvalue weighted by Gasteiger charge is 2.13. The predicted octanol–water partition coefficient (Wildman–Crippen LogP) is 1.65. The van der Waals surface area contributed by atoms with Crippen molar-refractivity contribution in [2.45, 2.75) is 26.7 Å². The van der Waals surface area contributed by atoms with Gasteiger partial charge in [-0.05, 0) is 19.8 Å². The maximum Gasteiger partial charge on any atom is 0.224 e. The Morgan fingerprint density at radius 1 is 1.44 bits per heavy atom. The minimum atomic E-state index is -0.433. The van der Waals surface area contributed by atoms with Gasteiger partial charge in [-0.25, -0.2) is 9.37 Å². The second kappa shape index (κ2) is 7.81. The number of halogens is 1. The van der Waals surface area contributed by atoms with Gasteiger partial charge in [-0.1, -0.05) is 6.92 Å². The van der Waals surface area contributed by atoms with Crippen molar-refractivity contribution in [2.24, 2.45) is 0 Å². The van der Waals surface area contributed by atoms with Crippen LogP contribution in [0.15, 0.2) is 6.20 Å². The van der Waals surface area contributed by atoms with Gasteiger partial charge in [-0.2, -0.15) is 4.98 Å². The van der Waals surface area contributed by atoms with E-state index in [4.69, 9.17) is 5.11 Å². The average molecular weight is 256 g/mol. The summed E-state index contributed by atoms with van der Waals surface area (Å²) in [5.41, 5.74) is 0. The molecular weight excluding hydrogens is 235 g/mol. The van der Waals surface area contributed by atoms with Gasteiger partial charge in [0.15, 0.2) is 11.6 Å². The highest BCUT2D eigenvalue weighted by molar-refractivity contribution is 5.43. The Morgan fingerprint density at radius 2 is 2.22 bits per heavy atom. The number of rotatable bonds is 8. The third-order valence-corrected chi connectivity index (χ3v) is 2.53. The molecule has 1 heterocycles. The summed E-state index contributed by atoms with van der Waals surface area (Å²) < 4.78 is 13.7. The van der Waals surface area contributed by atoms with Crippen LogP contribution in [0.25, 0.3) is 0 Å². The van der Waals surface area contributed by atoms with Crippen LogP contribution in [0.1, 0.15) is 26.7 Å². The van der Waals surface area contributed by atoms with Crippen molar-refractivity contribution in [2.75, 3.05) is 36.5 Å². The molecular formula is C12H21FN4O. The SMILES string of the molecule is CCCNc1ncc(F)c(N(CC)CCCO)n1. The van der Waals surface area contributed by atoms with Gasteiger partial charge >= 0.3 is 0 Å². The van der Waals surface area contributed by atoms with Crippen molar-refractivity contribution in [1.29, 1.82) is 0 Å². The summed E-state index contributed by atoms with van der Waals surface area (Å²) in [6.07, 6.45) is 2.73. The molecule has 0 spiro atoms. The summed E-state index contributed by atoms with van der Waals surface area (Å²) >= 11 is 0. The van der Waals surface area contributed by atoms with Crippen LogP contribution in [0.5, 0.6) is 0 Å². The van der Waals surface area contributed by atoms with Crippen molar-refractivity contribution in [1.82, 2.24) is 9.97 Å². The van der Waals surface area contributed by atoms with E-state index in [1.165, 1.54) is 6.20 Å². The van der Waals surface area contributed by atoms with Crippen molar-refractivity contribution >= 4 is 11.8 Å². The summed E-state index contributed by atoms with van der Waals surface area (Å²) in [5, 5.41) is 11.9. The zero-order valence-electron chi connectivity index (χ0n) is 11.0. The normalized spacial score (nSPS) is 10.4. The van der Waals surface area contributed by atoms with Gasteiger partial charge in [0.1, 0.15) is 0 Å². The number of nitrogens with one attached hydrogen (secondary N) is 1. The maximum atomic E-state index is 13.7. The molecule has 2 N–H and O–H groups in total. The fourth-order valence-corrected chi connectivity index (χ4v) is 1.58. The van der Waals surface area contributed by atoms with Gasteiger partial charge < -0.3 is 15.3 Å². The third-order valence-electron chi connectivity index (χ3n) is 2.53. The molecule has 0 aliphatic heterocycles. The standard InChI is InChI=1S/C12H21FN4O/c1-3-6-14-12-15-9-10(13)11(16-12)17(4-2)7-5-8-18/h9,18H,3-8H2,1-2H3,(H,14,15,16). The van der Waals surface area contributed by atoms with E-state index in [0.29, 0.717) is 31.3 Å². The molecule has 0 amide bonds. The first-order valence-corrected chi connectivity index (χ1v) is 6.35. The molecule has 0 radical (unpaired) electrons. The quantitative estimate of drug-likeness (QED) is 0.740. The molecule has 0 atom stereocenters. The molecule has 102 valence electrons. The number of hydrogen-bond donors (Lipinski definition) is 2. The minimum Gasteiger partial charge on any atom is -0.396 e. The van der Waals surface area contributed by atoms with Crippen LogP contribution < -0.4 is 10.2 Å². The molecule has 0 saturated heterocycles. The van der Waals surface area contributed by atoms with E-state index in [1.807, 2.05) is 13.8 Å². The molecule has 18 heavy (non-hydrogen) atoms. The van der Waals surface area contributed by atoms with Crippen LogP contribution >= 0.6 is 0 Å². The van der Waals surface area contributed by atoms with E-state index >= 15 is 0 Å². The van der Waals surface area contributed by atoms with Crippen molar-refractivity contribution in [3.05, 3.63) is 12.0 Å². The Morgan fingerprint density at radius 3 is 2.83 bits per heavy atom. The lowest BCUT2D eigenvalue weighted by molar-refractivity contribution is 0.289. The molecule has 5 nitrogen and oxygen atoms in total. The topological polar surface area (TPSA) is 61.3 Å². The molecule has 0 fully saturated rings. The molecule has 0 unspecified atom stereocenters. The number of hydrogen-bond acceptors (Lipinski definition) is 5. The molecule has 6 heteroatoms. The Labute approximate surface area is 107 Å². The monoisotopic (exact) mass is 256 g/mol. The van der Waals surface area contributed by atoms with E-state index in [-0.39, 0.29) is 6.61 Å². The molecule has 1 aromatic heterocycles. The highest BCUT2D eigenvalue weighted by atomic mass is 19.1. The summed E-state index contributed by atoms with van der Waals surface area (Å²) in [6.45, 7) is 6.03. The lowest BCUT2D eigenvalue weighted by Gasteiger charge is -2.22. The molecule has 0 aliphatic carbocycles. The number of anilines is 2. The first kappa shape index (κ1) is 14.6. The van der Waals surface area contributed by atoms with Crippen LogP contribution in [0.3, 0.4) is 0 Å². The number of aromatic nitrogens is 2. The maximum absolute atomic E-state index is 13.7. The van der Waals surface area contributed by atoms with E-state index in [2.05, 4.69) is 15.3 Å². The Hall–Kier alpha value is -1.43. The van der Waals surface area contributed by atoms with Gasteiger partial charge in [0.05, 0.1) is 6.20 Å². The van der Waals surface area contributed by atoms with Gasteiger partial charge in [-0.15, -0.1) is 0 Å². The van der Waals surface area contributed by atoms with Crippen LogP contribution in [0.4, 0.5) is 16.2 Å². The number of nitrogens with zero attached hydrogens (tertiary/aromatic N) is 3. The van der Waals surface area contributed by atoms with Crippen LogP contribution in [-0.4, -0.2) is 41.3 Å². The molecule has 0 aromatic carbocycles. The molecule has 1 rings (SSSR count). The second-order valence-electron chi connectivity index (χ2n) is 3.95. The molecule has 0 saturated carbocycles. The number of aliphatic hydroxyl groups is 1. The van der Waals surface area contributed by atoms with Crippen molar-refractivity contribution in [3.63, 3.8) is 0 Å². The average Bonchev–Trinajstić information content (AvgIpc) is 2.39. The van der Waals surface area contributed by atoms with Crippen LogP contribution in [0.2, 0.25) is 0 Å². The lowest BCUT2D eigenvalue weighted by Crippen LogP contribution is -2.27. The summed E-state index contributed by atoms with van der Waals surface area (Å²) in [7, 11) is 0. The lowest BCUT2D eigenvalue weighted by atomic mass is 10.3. The Balaban J connectivity index is 2.83. The van der Waals surface area contributed by atoms with Crippen LogP contribution in [0, 0.1) is 5.82 Å². The molecule has 0 aliphatic rings. The van der Waals surface area contributed by atoms with E-state index in [0.717, 1.165) is 13.0 Å². The van der Waals surface area contributed by atoms with Gasteiger partial charge in [0, 0.05) is 26.2 Å². The Bertz CT molecular complexity index is 362. The van der Waals surface area contributed by atoms with Gasteiger partial charge in [-0.3, -0.25) is 0 Å². The largest absolute Gasteiger partial charge is 0.396 e.